The minimum Gasteiger partial charge on any atom is -0.356 e. The number of thioether (sulfide) groups is 1. The van der Waals surface area contributed by atoms with Crippen molar-refractivity contribution in [1.82, 2.24) is 10.3 Å². The van der Waals surface area contributed by atoms with Crippen LogP contribution in [0.2, 0.25) is 0 Å². The SMILES string of the molecule is CC(=O)NCCc1ccc(C(=O)CSc2cc(C)c3ccccc3n2)cc1F. The minimum absolute atomic E-state index is 0.148. The van der Waals surface area contributed by atoms with Crippen LogP contribution in [0.3, 0.4) is 0 Å². The average molecular weight is 396 g/mol. The number of halogens is 1. The fourth-order valence-electron chi connectivity index (χ4n) is 2.91. The van der Waals surface area contributed by atoms with Gasteiger partial charge in [0.05, 0.1) is 16.3 Å². The van der Waals surface area contributed by atoms with Crippen LogP contribution < -0.4 is 5.32 Å². The number of nitrogens with one attached hydrogen (secondary N) is 1. The van der Waals surface area contributed by atoms with Gasteiger partial charge in [0.1, 0.15) is 5.82 Å². The highest BCUT2D eigenvalue weighted by Gasteiger charge is 2.12. The third kappa shape index (κ3) is 4.95. The fraction of sp³-hybridized carbons (Fsp3) is 0.227. The van der Waals surface area contributed by atoms with Crippen LogP contribution >= 0.6 is 11.8 Å². The van der Waals surface area contributed by atoms with Crippen molar-refractivity contribution in [2.24, 2.45) is 0 Å². The Kier molecular flexibility index (Phi) is 6.41. The molecule has 2 aromatic carbocycles. The molecular weight excluding hydrogens is 375 g/mol. The number of aryl methyl sites for hydroxylation is 1. The summed E-state index contributed by atoms with van der Waals surface area (Å²) in [5.41, 5.74) is 2.82. The Bertz CT molecular complexity index is 1040. The van der Waals surface area contributed by atoms with Crippen LogP contribution in [0.5, 0.6) is 0 Å². The van der Waals surface area contributed by atoms with Crippen molar-refractivity contribution < 1.29 is 14.0 Å². The van der Waals surface area contributed by atoms with E-state index in [9.17, 15) is 14.0 Å². The van der Waals surface area contributed by atoms with Crippen molar-refractivity contribution in [2.75, 3.05) is 12.3 Å². The van der Waals surface area contributed by atoms with Crippen molar-refractivity contribution in [1.29, 1.82) is 0 Å². The van der Waals surface area contributed by atoms with Crippen LogP contribution in [-0.4, -0.2) is 29.0 Å². The number of fused-ring (bicyclic) bond motifs is 1. The summed E-state index contributed by atoms with van der Waals surface area (Å²) in [6.07, 6.45) is 0.384. The summed E-state index contributed by atoms with van der Waals surface area (Å²) in [6.45, 7) is 3.80. The van der Waals surface area contributed by atoms with Gasteiger partial charge in [0.15, 0.2) is 5.78 Å². The Labute approximate surface area is 167 Å². The first-order valence-electron chi connectivity index (χ1n) is 8.99. The van der Waals surface area contributed by atoms with E-state index in [4.69, 9.17) is 0 Å². The number of Topliss-reactive ketones (excluding diaryl/α,β-unsaturated/α-hetero) is 1. The molecule has 0 saturated carbocycles. The van der Waals surface area contributed by atoms with Gasteiger partial charge in [-0.15, -0.1) is 0 Å². The zero-order chi connectivity index (χ0) is 20.1. The summed E-state index contributed by atoms with van der Waals surface area (Å²) in [5.74, 6) is -0.539. The molecule has 28 heavy (non-hydrogen) atoms. The number of rotatable bonds is 7. The number of carbonyl (C=O) groups excluding carboxylic acids is 2. The van der Waals surface area contributed by atoms with Crippen molar-refractivity contribution >= 4 is 34.4 Å². The Morgan fingerprint density at radius 2 is 1.93 bits per heavy atom. The molecule has 0 aliphatic carbocycles. The lowest BCUT2D eigenvalue weighted by Crippen LogP contribution is -2.22. The highest BCUT2D eigenvalue weighted by Crippen LogP contribution is 2.24. The summed E-state index contributed by atoms with van der Waals surface area (Å²) in [7, 11) is 0. The lowest BCUT2D eigenvalue weighted by Gasteiger charge is -2.08. The second kappa shape index (κ2) is 8.97. The van der Waals surface area contributed by atoms with Crippen molar-refractivity contribution in [3.05, 3.63) is 71.0 Å². The Hall–Kier alpha value is -2.73. The molecule has 4 nitrogen and oxygen atoms in total. The summed E-state index contributed by atoms with van der Waals surface area (Å²) >= 11 is 1.35. The zero-order valence-electron chi connectivity index (χ0n) is 15.8. The van der Waals surface area contributed by atoms with Gasteiger partial charge in [-0.3, -0.25) is 9.59 Å². The summed E-state index contributed by atoms with van der Waals surface area (Å²) in [6, 6.07) is 14.3. The molecule has 1 heterocycles. The lowest BCUT2D eigenvalue weighted by atomic mass is 10.1. The van der Waals surface area contributed by atoms with E-state index in [1.165, 1.54) is 24.8 Å². The topological polar surface area (TPSA) is 59.1 Å². The van der Waals surface area contributed by atoms with Crippen LogP contribution in [0.4, 0.5) is 4.39 Å². The maximum atomic E-state index is 14.2. The van der Waals surface area contributed by atoms with Gasteiger partial charge in [0.25, 0.3) is 0 Å². The Morgan fingerprint density at radius 3 is 2.68 bits per heavy atom. The first-order chi connectivity index (χ1) is 13.4. The molecule has 0 fully saturated rings. The number of benzene rings is 2. The molecule has 3 aromatic rings. The van der Waals surface area contributed by atoms with Crippen molar-refractivity contribution in [3.63, 3.8) is 0 Å². The highest BCUT2D eigenvalue weighted by molar-refractivity contribution is 7.99. The number of hydrogen-bond donors (Lipinski definition) is 1. The number of pyridine rings is 1. The molecule has 0 saturated heterocycles. The molecule has 1 amide bonds. The molecule has 3 rings (SSSR count). The smallest absolute Gasteiger partial charge is 0.216 e. The van der Waals surface area contributed by atoms with Crippen molar-refractivity contribution in [2.45, 2.75) is 25.3 Å². The van der Waals surface area contributed by atoms with Crippen LogP contribution in [0.25, 0.3) is 10.9 Å². The molecule has 0 aliphatic heterocycles. The maximum Gasteiger partial charge on any atom is 0.216 e. The molecule has 1 aromatic heterocycles. The van der Waals surface area contributed by atoms with E-state index in [0.717, 1.165) is 21.5 Å². The number of hydrogen-bond acceptors (Lipinski definition) is 4. The summed E-state index contributed by atoms with van der Waals surface area (Å²) in [4.78, 5) is 27.9. The van der Waals surface area contributed by atoms with Crippen LogP contribution in [-0.2, 0) is 11.2 Å². The van der Waals surface area contributed by atoms with Gasteiger partial charge in [-0.05, 0) is 42.7 Å². The van der Waals surface area contributed by atoms with Gasteiger partial charge >= 0.3 is 0 Å². The van der Waals surface area contributed by atoms with E-state index in [2.05, 4.69) is 10.3 Å². The predicted octanol–water partition coefficient (Wildman–Crippen LogP) is 4.34. The molecule has 0 atom stereocenters. The van der Waals surface area contributed by atoms with Gasteiger partial charge in [-0.2, -0.15) is 0 Å². The molecule has 0 unspecified atom stereocenters. The predicted molar refractivity (Wildman–Crippen MR) is 110 cm³/mol. The van der Waals surface area contributed by atoms with Crippen LogP contribution in [0.15, 0.2) is 53.6 Å². The van der Waals surface area contributed by atoms with E-state index in [0.29, 0.717) is 24.1 Å². The second-order valence-electron chi connectivity index (χ2n) is 6.55. The van der Waals surface area contributed by atoms with E-state index < -0.39 is 5.82 Å². The van der Waals surface area contributed by atoms with Gasteiger partial charge in [-0.25, -0.2) is 9.37 Å². The summed E-state index contributed by atoms with van der Waals surface area (Å²) < 4.78 is 14.2. The molecule has 144 valence electrons. The minimum atomic E-state index is -0.430. The molecule has 0 radical (unpaired) electrons. The van der Waals surface area contributed by atoms with Gasteiger partial charge < -0.3 is 5.32 Å². The van der Waals surface area contributed by atoms with Crippen molar-refractivity contribution in [3.8, 4) is 0 Å². The highest BCUT2D eigenvalue weighted by atomic mass is 32.2. The Morgan fingerprint density at radius 1 is 1.14 bits per heavy atom. The van der Waals surface area contributed by atoms with E-state index in [1.54, 1.807) is 12.1 Å². The number of aromatic nitrogens is 1. The van der Waals surface area contributed by atoms with E-state index >= 15 is 0 Å². The Balaban J connectivity index is 1.65. The van der Waals surface area contributed by atoms with E-state index in [-0.39, 0.29) is 17.4 Å². The van der Waals surface area contributed by atoms with Crippen LogP contribution in [0, 0.1) is 12.7 Å². The molecule has 6 heteroatoms. The number of carbonyl (C=O) groups is 2. The third-order valence-corrected chi connectivity index (χ3v) is 5.31. The monoisotopic (exact) mass is 396 g/mol. The summed E-state index contributed by atoms with van der Waals surface area (Å²) in [5, 5.41) is 4.50. The fourth-order valence-corrected chi connectivity index (χ4v) is 3.78. The normalized spacial score (nSPS) is 10.8. The molecular formula is C22H21FN2O2S. The third-order valence-electron chi connectivity index (χ3n) is 4.39. The molecule has 0 aliphatic rings. The number of para-hydroxylation sites is 1. The second-order valence-corrected chi connectivity index (χ2v) is 7.54. The lowest BCUT2D eigenvalue weighted by molar-refractivity contribution is -0.118. The number of nitrogens with zero attached hydrogens (tertiary/aromatic N) is 1. The molecule has 0 spiro atoms. The largest absolute Gasteiger partial charge is 0.356 e. The van der Waals surface area contributed by atoms with Gasteiger partial charge in [-0.1, -0.05) is 42.1 Å². The van der Waals surface area contributed by atoms with E-state index in [1.807, 2.05) is 37.3 Å². The quantitative estimate of drug-likeness (QED) is 0.477. The first-order valence-corrected chi connectivity index (χ1v) is 9.98. The zero-order valence-corrected chi connectivity index (χ0v) is 16.6. The first kappa shape index (κ1) is 20.0. The number of amides is 1. The van der Waals surface area contributed by atoms with Crippen LogP contribution in [0.1, 0.15) is 28.4 Å². The van der Waals surface area contributed by atoms with Gasteiger partial charge in [0.2, 0.25) is 5.91 Å². The number of ketones is 1. The molecule has 0 bridgehead atoms. The average Bonchev–Trinajstić information content (AvgIpc) is 2.67. The standard InChI is InChI=1S/C22H21FN2O2S/c1-14-11-22(25-20-6-4-3-5-18(14)20)28-13-21(27)17-8-7-16(19(23)12-17)9-10-24-15(2)26/h3-8,11-12H,9-10,13H2,1-2H3,(H,24,26). The van der Waals surface area contributed by atoms with Gasteiger partial charge in [0, 0.05) is 24.4 Å². The maximum absolute atomic E-state index is 14.2. The molecule has 1 N–H and O–H groups in total.